The van der Waals surface area contributed by atoms with Crippen molar-refractivity contribution in [1.82, 2.24) is 9.80 Å². The fourth-order valence-corrected chi connectivity index (χ4v) is 6.03. The van der Waals surface area contributed by atoms with Gasteiger partial charge in [0.25, 0.3) is 17.7 Å². The zero-order valence-electron chi connectivity index (χ0n) is 29.5. The van der Waals surface area contributed by atoms with Gasteiger partial charge in [0.1, 0.15) is 12.4 Å². The number of nitrogens with zero attached hydrogens (tertiary/aromatic N) is 2. The largest absolute Gasteiger partial charge is 0.491 e. The van der Waals surface area contributed by atoms with Gasteiger partial charge in [0.05, 0.1) is 30.4 Å². The Morgan fingerprint density at radius 1 is 0.843 bits per heavy atom. The number of fused-ring (bicyclic) bond motifs is 1. The van der Waals surface area contributed by atoms with Gasteiger partial charge in [-0.05, 0) is 73.9 Å². The van der Waals surface area contributed by atoms with E-state index in [1.165, 1.54) is 22.9 Å². The summed E-state index contributed by atoms with van der Waals surface area (Å²) in [4.78, 5) is 69.3. The Bertz CT molecular complexity index is 1970. The van der Waals surface area contributed by atoms with Crippen LogP contribution in [0.3, 0.4) is 0 Å². The van der Waals surface area contributed by atoms with Gasteiger partial charge in [-0.3, -0.25) is 19.2 Å². The van der Waals surface area contributed by atoms with Crippen molar-refractivity contribution in [2.24, 2.45) is 0 Å². The number of nitrogens with one attached hydrogen (secondary N) is 1. The van der Waals surface area contributed by atoms with Crippen LogP contribution in [0, 0.1) is 0 Å². The lowest BCUT2D eigenvalue weighted by Gasteiger charge is -2.33. The minimum Gasteiger partial charge on any atom is -0.491 e. The van der Waals surface area contributed by atoms with Crippen molar-refractivity contribution >= 4 is 35.3 Å². The van der Waals surface area contributed by atoms with Gasteiger partial charge in [-0.2, -0.15) is 0 Å². The average molecular weight is 692 g/mol. The summed E-state index contributed by atoms with van der Waals surface area (Å²) >= 11 is 0. The van der Waals surface area contributed by atoms with Crippen molar-refractivity contribution in [3.05, 3.63) is 119 Å². The smallest absolute Gasteiger partial charge is 0.340 e. The topological polar surface area (TPSA) is 132 Å². The van der Waals surface area contributed by atoms with Crippen LogP contribution in [0.2, 0.25) is 0 Å². The van der Waals surface area contributed by atoms with Crippen molar-refractivity contribution in [1.29, 1.82) is 0 Å². The number of rotatable bonds is 12. The van der Waals surface area contributed by atoms with E-state index in [4.69, 9.17) is 14.2 Å². The van der Waals surface area contributed by atoms with Crippen LogP contribution in [0.5, 0.6) is 5.75 Å². The maximum Gasteiger partial charge on any atom is 0.340 e. The predicted octanol–water partition coefficient (Wildman–Crippen LogP) is 5.72. The van der Waals surface area contributed by atoms with E-state index in [-0.39, 0.29) is 30.4 Å². The molecule has 4 aromatic rings. The lowest BCUT2D eigenvalue weighted by molar-refractivity contribution is -0.163. The number of carbonyl (C=O) groups is 5. The van der Waals surface area contributed by atoms with Crippen LogP contribution < -0.4 is 10.1 Å². The third-order valence-electron chi connectivity index (χ3n) is 8.56. The van der Waals surface area contributed by atoms with Gasteiger partial charge in [0.15, 0.2) is 0 Å². The number of anilines is 1. The molecule has 264 valence electrons. The van der Waals surface area contributed by atoms with Crippen molar-refractivity contribution in [2.75, 3.05) is 39.7 Å². The Morgan fingerprint density at radius 3 is 2.18 bits per heavy atom. The molecule has 11 heteroatoms. The summed E-state index contributed by atoms with van der Waals surface area (Å²) < 4.78 is 16.7. The zero-order chi connectivity index (χ0) is 36.9. The zero-order valence-corrected chi connectivity index (χ0v) is 29.5. The van der Waals surface area contributed by atoms with Crippen LogP contribution in [0.4, 0.5) is 5.69 Å². The Labute approximate surface area is 297 Å². The number of carbonyl (C=O) groups excluding carboxylic acids is 5. The molecule has 1 unspecified atom stereocenters. The van der Waals surface area contributed by atoms with Gasteiger partial charge >= 0.3 is 11.9 Å². The minimum atomic E-state index is -1.65. The normalized spacial score (nSPS) is 14.9. The highest BCUT2D eigenvalue weighted by atomic mass is 16.6. The lowest BCUT2D eigenvalue weighted by Crippen LogP contribution is -2.52. The summed E-state index contributed by atoms with van der Waals surface area (Å²) in [6, 6.07) is 26.0. The molecule has 5 rings (SSSR count). The molecule has 11 nitrogen and oxygen atoms in total. The molecule has 0 saturated heterocycles. The number of likely N-dealkylation sites (N-methyl/N-ethyl adjacent to an activating group) is 1. The van der Waals surface area contributed by atoms with E-state index in [1.54, 1.807) is 69.6 Å². The summed E-state index contributed by atoms with van der Waals surface area (Å²) in [7, 11) is 4.64. The second-order valence-electron chi connectivity index (χ2n) is 12.6. The van der Waals surface area contributed by atoms with Crippen molar-refractivity contribution in [3.8, 4) is 16.9 Å². The molecule has 1 aliphatic rings. The van der Waals surface area contributed by atoms with Gasteiger partial charge in [0.2, 0.25) is 5.54 Å². The van der Waals surface area contributed by atoms with Crippen LogP contribution in [0.15, 0.2) is 91.0 Å². The number of benzene rings is 4. The number of amides is 3. The van der Waals surface area contributed by atoms with Crippen molar-refractivity contribution in [3.63, 3.8) is 0 Å². The number of hydrogen-bond donors (Lipinski definition) is 1. The maximum absolute atomic E-state index is 13.7. The molecule has 0 bridgehead atoms. The third-order valence-corrected chi connectivity index (χ3v) is 8.56. The average Bonchev–Trinajstić information content (AvgIpc) is 3.33. The summed E-state index contributed by atoms with van der Waals surface area (Å²) in [6.07, 6.45) is -0.225. The number of hydrogen-bond acceptors (Lipinski definition) is 8. The molecule has 0 radical (unpaired) electrons. The number of ether oxygens (including phenoxy) is 3. The quantitative estimate of drug-likeness (QED) is 0.187. The molecule has 4 aromatic carbocycles. The van der Waals surface area contributed by atoms with E-state index >= 15 is 0 Å². The molecule has 51 heavy (non-hydrogen) atoms. The van der Waals surface area contributed by atoms with E-state index in [1.807, 2.05) is 50.2 Å². The molecule has 3 amide bonds. The molecular weight excluding hydrogens is 650 g/mol. The monoisotopic (exact) mass is 691 g/mol. The Balaban J connectivity index is 1.36. The SMILES string of the molecule is CCOC(=O)C1(COC(=O)Cc2ccc(NC(=O)c3ccccc3-c3ccc(OC(C)C)cc3)c(C(=O)N(C)C)c2)c2ccccc2C(=O)N1C. The van der Waals surface area contributed by atoms with Crippen LogP contribution in [-0.2, 0) is 31.0 Å². The summed E-state index contributed by atoms with van der Waals surface area (Å²) in [5.41, 5.74) is 1.85. The highest BCUT2D eigenvalue weighted by Gasteiger charge is 2.55. The first-order valence-corrected chi connectivity index (χ1v) is 16.6. The molecule has 0 aliphatic carbocycles. The van der Waals surface area contributed by atoms with Gasteiger partial charge in [0, 0.05) is 37.8 Å². The van der Waals surface area contributed by atoms with E-state index in [2.05, 4.69) is 5.32 Å². The molecule has 0 aromatic heterocycles. The van der Waals surface area contributed by atoms with Gasteiger partial charge in [-0.15, -0.1) is 0 Å². The van der Waals surface area contributed by atoms with E-state index in [0.29, 0.717) is 27.8 Å². The molecule has 1 heterocycles. The predicted molar refractivity (Wildman–Crippen MR) is 192 cm³/mol. The van der Waals surface area contributed by atoms with Crippen molar-refractivity contribution in [2.45, 2.75) is 38.8 Å². The highest BCUT2D eigenvalue weighted by molar-refractivity contribution is 6.12. The first-order chi connectivity index (χ1) is 24.4. The molecule has 1 N–H and O–H groups in total. The third kappa shape index (κ3) is 7.47. The second-order valence-corrected chi connectivity index (χ2v) is 12.6. The molecule has 0 saturated carbocycles. The number of esters is 2. The van der Waals surface area contributed by atoms with Crippen LogP contribution in [-0.4, -0.2) is 79.9 Å². The second kappa shape index (κ2) is 15.3. The molecule has 1 aliphatic heterocycles. The summed E-state index contributed by atoms with van der Waals surface area (Å²) in [5, 5.41) is 2.88. The molecule has 0 spiro atoms. The molecule has 1 atom stereocenters. The van der Waals surface area contributed by atoms with Crippen molar-refractivity contribution < 1.29 is 38.2 Å². The van der Waals surface area contributed by atoms with Crippen LogP contribution >= 0.6 is 0 Å². The minimum absolute atomic E-state index is 0.0255. The highest BCUT2D eigenvalue weighted by Crippen LogP contribution is 2.40. The Hall–Kier alpha value is -5.97. The fourth-order valence-electron chi connectivity index (χ4n) is 6.03. The lowest BCUT2D eigenvalue weighted by atomic mass is 9.90. The standard InChI is InChI=1S/C40H41N3O8/c1-7-49-39(48)40(33-15-11-10-14-31(33)38(47)43(40)6)24-50-35(44)23-26-16-21-34(32(22-26)37(46)42(4)5)41-36(45)30-13-9-8-12-29(30)27-17-19-28(20-18-27)51-25(2)3/h8-22,25H,7,23-24H2,1-6H3,(H,41,45). The van der Waals surface area contributed by atoms with Crippen LogP contribution in [0.25, 0.3) is 11.1 Å². The fraction of sp³-hybridized carbons (Fsp3) is 0.275. The first kappa shape index (κ1) is 36.3. The maximum atomic E-state index is 13.7. The summed E-state index contributed by atoms with van der Waals surface area (Å²) in [6.45, 7) is 5.15. The van der Waals surface area contributed by atoms with E-state index in [0.717, 1.165) is 11.3 Å². The van der Waals surface area contributed by atoms with E-state index in [9.17, 15) is 24.0 Å². The Kier molecular flexibility index (Phi) is 10.9. The van der Waals surface area contributed by atoms with Gasteiger partial charge in [-0.25, -0.2) is 4.79 Å². The van der Waals surface area contributed by atoms with E-state index < -0.39 is 41.8 Å². The summed E-state index contributed by atoms with van der Waals surface area (Å²) in [5.74, 6) is -1.89. The molecule has 0 fully saturated rings. The Morgan fingerprint density at radius 2 is 1.51 bits per heavy atom. The molecular formula is C40H41N3O8. The van der Waals surface area contributed by atoms with Gasteiger partial charge < -0.3 is 29.3 Å². The van der Waals surface area contributed by atoms with Crippen LogP contribution in [0.1, 0.15) is 63.0 Å². The van der Waals surface area contributed by atoms with Gasteiger partial charge in [-0.1, -0.05) is 54.6 Å². The first-order valence-electron chi connectivity index (χ1n) is 16.6.